The van der Waals surface area contributed by atoms with E-state index in [1.807, 2.05) is 19.2 Å². The molecule has 4 heteroatoms. The number of rotatable bonds is 7. The number of likely N-dealkylation sites (N-methyl/N-ethyl adjacent to an activating group) is 1. The van der Waals surface area contributed by atoms with Crippen LogP contribution in [0.25, 0.3) is 0 Å². The van der Waals surface area contributed by atoms with E-state index < -0.39 is 0 Å². The van der Waals surface area contributed by atoms with E-state index in [9.17, 15) is 0 Å². The molecule has 16 heavy (non-hydrogen) atoms. The molecule has 0 aliphatic heterocycles. The Morgan fingerprint density at radius 3 is 2.50 bits per heavy atom. The molecule has 0 heterocycles. The quantitative estimate of drug-likeness (QED) is 0.740. The van der Waals surface area contributed by atoms with E-state index in [4.69, 9.17) is 9.47 Å². The molecule has 90 valence electrons. The van der Waals surface area contributed by atoms with Crippen molar-refractivity contribution in [3.63, 3.8) is 0 Å². The first-order valence-electron chi connectivity index (χ1n) is 5.24. The molecule has 1 atom stereocenters. The fourth-order valence-corrected chi connectivity index (χ4v) is 1.80. The van der Waals surface area contributed by atoms with Crippen LogP contribution in [0.4, 0.5) is 0 Å². The first-order chi connectivity index (χ1) is 7.80. The van der Waals surface area contributed by atoms with Gasteiger partial charge in [-0.2, -0.15) is 0 Å². The van der Waals surface area contributed by atoms with Gasteiger partial charge in [-0.3, -0.25) is 0 Å². The van der Waals surface area contributed by atoms with Crippen LogP contribution in [0.5, 0.6) is 5.75 Å². The molecule has 0 radical (unpaired) electrons. The van der Waals surface area contributed by atoms with E-state index in [-0.39, 0.29) is 6.10 Å². The smallest absolute Gasteiger partial charge is 0.134 e. The minimum atomic E-state index is 0.0510. The maximum atomic E-state index is 5.80. The SMILES string of the molecule is CNCC(COC)Oc1ccc(SC)cc1. The molecule has 1 rings (SSSR count). The summed E-state index contributed by atoms with van der Waals surface area (Å²) in [6.45, 7) is 1.36. The lowest BCUT2D eigenvalue weighted by atomic mass is 10.3. The van der Waals surface area contributed by atoms with Crippen molar-refractivity contribution < 1.29 is 9.47 Å². The van der Waals surface area contributed by atoms with Crippen LogP contribution < -0.4 is 10.1 Å². The van der Waals surface area contributed by atoms with Crippen molar-refractivity contribution in [1.82, 2.24) is 5.32 Å². The predicted molar refractivity (Wildman–Crippen MR) is 68.4 cm³/mol. The van der Waals surface area contributed by atoms with Gasteiger partial charge in [-0.15, -0.1) is 11.8 Å². The van der Waals surface area contributed by atoms with Crippen molar-refractivity contribution in [3.05, 3.63) is 24.3 Å². The van der Waals surface area contributed by atoms with Crippen molar-refractivity contribution >= 4 is 11.8 Å². The summed E-state index contributed by atoms with van der Waals surface area (Å²) in [5.41, 5.74) is 0. The summed E-state index contributed by atoms with van der Waals surface area (Å²) in [5, 5.41) is 3.09. The molecular weight excluding hydrogens is 222 g/mol. The number of hydrogen-bond donors (Lipinski definition) is 1. The molecule has 0 aliphatic rings. The van der Waals surface area contributed by atoms with Gasteiger partial charge in [0.1, 0.15) is 11.9 Å². The van der Waals surface area contributed by atoms with Gasteiger partial charge in [-0.05, 0) is 37.6 Å². The van der Waals surface area contributed by atoms with Gasteiger partial charge < -0.3 is 14.8 Å². The van der Waals surface area contributed by atoms with Crippen LogP contribution in [0.3, 0.4) is 0 Å². The van der Waals surface area contributed by atoms with Crippen molar-refractivity contribution in [2.45, 2.75) is 11.0 Å². The minimum absolute atomic E-state index is 0.0510. The van der Waals surface area contributed by atoms with Gasteiger partial charge in [0, 0.05) is 18.6 Å². The van der Waals surface area contributed by atoms with Crippen LogP contribution in [-0.2, 0) is 4.74 Å². The summed E-state index contributed by atoms with van der Waals surface area (Å²) in [4.78, 5) is 1.24. The van der Waals surface area contributed by atoms with Gasteiger partial charge in [0.2, 0.25) is 0 Å². The predicted octanol–water partition coefficient (Wildman–Crippen LogP) is 2.02. The number of hydrogen-bond acceptors (Lipinski definition) is 4. The second kappa shape index (κ2) is 7.54. The number of methoxy groups -OCH3 is 1. The zero-order valence-electron chi connectivity index (χ0n) is 10.0. The lowest BCUT2D eigenvalue weighted by Crippen LogP contribution is -2.33. The third-order valence-electron chi connectivity index (χ3n) is 2.15. The summed E-state index contributed by atoms with van der Waals surface area (Å²) in [6.07, 6.45) is 2.11. The average Bonchev–Trinajstić information content (AvgIpc) is 2.31. The lowest BCUT2D eigenvalue weighted by Gasteiger charge is -2.18. The molecule has 0 aromatic heterocycles. The molecule has 1 aromatic carbocycles. The van der Waals surface area contributed by atoms with Crippen LogP contribution in [-0.4, -0.2) is 39.7 Å². The molecular formula is C12H19NO2S. The van der Waals surface area contributed by atoms with E-state index >= 15 is 0 Å². The summed E-state index contributed by atoms with van der Waals surface area (Å²) in [5.74, 6) is 0.884. The van der Waals surface area contributed by atoms with Crippen LogP contribution >= 0.6 is 11.8 Å². The van der Waals surface area contributed by atoms with E-state index in [2.05, 4.69) is 23.7 Å². The Bertz CT molecular complexity index is 284. The van der Waals surface area contributed by atoms with Gasteiger partial charge in [-0.1, -0.05) is 0 Å². The third-order valence-corrected chi connectivity index (χ3v) is 2.89. The molecule has 0 bridgehead atoms. The molecule has 0 spiro atoms. The molecule has 0 amide bonds. The van der Waals surface area contributed by atoms with Gasteiger partial charge in [0.25, 0.3) is 0 Å². The highest BCUT2D eigenvalue weighted by Crippen LogP contribution is 2.19. The maximum absolute atomic E-state index is 5.80. The number of benzene rings is 1. The molecule has 1 N–H and O–H groups in total. The molecule has 1 unspecified atom stereocenters. The van der Waals surface area contributed by atoms with E-state index in [1.165, 1.54) is 4.90 Å². The fraction of sp³-hybridized carbons (Fsp3) is 0.500. The molecule has 0 aliphatic carbocycles. The first kappa shape index (κ1) is 13.4. The monoisotopic (exact) mass is 241 g/mol. The molecule has 0 saturated carbocycles. The first-order valence-corrected chi connectivity index (χ1v) is 6.47. The molecule has 0 saturated heterocycles. The van der Waals surface area contributed by atoms with E-state index in [0.717, 1.165) is 12.3 Å². The van der Waals surface area contributed by atoms with Crippen LogP contribution in [0.15, 0.2) is 29.2 Å². The molecule has 1 aromatic rings. The Labute approximate surface area is 102 Å². The van der Waals surface area contributed by atoms with Crippen molar-refractivity contribution in [2.75, 3.05) is 33.6 Å². The number of ether oxygens (including phenoxy) is 2. The standard InChI is InChI=1S/C12H19NO2S/c1-13-8-11(9-14-2)15-10-4-6-12(16-3)7-5-10/h4-7,11,13H,8-9H2,1-3H3. The Hall–Kier alpha value is -0.710. The second-order valence-corrected chi connectivity index (χ2v) is 4.31. The normalized spacial score (nSPS) is 12.4. The topological polar surface area (TPSA) is 30.5 Å². The van der Waals surface area contributed by atoms with E-state index in [1.54, 1.807) is 18.9 Å². The number of nitrogens with one attached hydrogen (secondary N) is 1. The Morgan fingerprint density at radius 2 is 2.00 bits per heavy atom. The summed E-state index contributed by atoms with van der Waals surface area (Å²) >= 11 is 1.72. The molecule has 0 fully saturated rings. The minimum Gasteiger partial charge on any atom is -0.487 e. The Balaban J connectivity index is 2.54. The van der Waals surface area contributed by atoms with Crippen molar-refractivity contribution in [2.24, 2.45) is 0 Å². The van der Waals surface area contributed by atoms with Gasteiger partial charge in [0.05, 0.1) is 6.61 Å². The van der Waals surface area contributed by atoms with Crippen LogP contribution in [0.2, 0.25) is 0 Å². The average molecular weight is 241 g/mol. The number of thioether (sulfide) groups is 1. The van der Waals surface area contributed by atoms with Crippen LogP contribution in [0.1, 0.15) is 0 Å². The summed E-state index contributed by atoms with van der Waals surface area (Å²) < 4.78 is 10.9. The Kier molecular flexibility index (Phi) is 6.30. The van der Waals surface area contributed by atoms with Crippen LogP contribution in [0, 0.1) is 0 Å². The third kappa shape index (κ3) is 4.43. The lowest BCUT2D eigenvalue weighted by molar-refractivity contribution is 0.0818. The zero-order chi connectivity index (χ0) is 11.8. The fourth-order valence-electron chi connectivity index (χ4n) is 1.39. The summed E-state index contributed by atoms with van der Waals surface area (Å²) in [6, 6.07) is 8.10. The van der Waals surface area contributed by atoms with E-state index in [0.29, 0.717) is 6.61 Å². The highest BCUT2D eigenvalue weighted by atomic mass is 32.2. The van der Waals surface area contributed by atoms with Gasteiger partial charge in [-0.25, -0.2) is 0 Å². The van der Waals surface area contributed by atoms with Crippen molar-refractivity contribution in [1.29, 1.82) is 0 Å². The highest BCUT2D eigenvalue weighted by Gasteiger charge is 2.08. The second-order valence-electron chi connectivity index (χ2n) is 3.43. The summed E-state index contributed by atoms with van der Waals surface area (Å²) in [7, 11) is 3.59. The zero-order valence-corrected chi connectivity index (χ0v) is 10.8. The van der Waals surface area contributed by atoms with Crippen molar-refractivity contribution in [3.8, 4) is 5.75 Å². The van der Waals surface area contributed by atoms with Gasteiger partial charge >= 0.3 is 0 Å². The van der Waals surface area contributed by atoms with Gasteiger partial charge in [0.15, 0.2) is 0 Å². The molecule has 3 nitrogen and oxygen atoms in total. The largest absolute Gasteiger partial charge is 0.487 e. The maximum Gasteiger partial charge on any atom is 0.134 e. The highest BCUT2D eigenvalue weighted by molar-refractivity contribution is 7.98. The Morgan fingerprint density at radius 1 is 1.31 bits per heavy atom.